The third-order valence-electron chi connectivity index (χ3n) is 5.26. The lowest BCUT2D eigenvalue weighted by molar-refractivity contribution is 0.531. The van der Waals surface area contributed by atoms with Crippen LogP contribution in [0.1, 0.15) is 37.3 Å². The van der Waals surface area contributed by atoms with Crippen LogP contribution in [-0.4, -0.2) is 24.3 Å². The number of pyridine rings is 1. The number of rotatable bonds is 4. The van der Waals surface area contributed by atoms with E-state index in [1.54, 1.807) is 0 Å². The van der Waals surface area contributed by atoms with Gasteiger partial charge >= 0.3 is 0 Å². The largest absolute Gasteiger partial charge is 0.304 e. The van der Waals surface area contributed by atoms with E-state index in [0.29, 0.717) is 6.04 Å². The third-order valence-corrected chi connectivity index (χ3v) is 5.26. The van der Waals surface area contributed by atoms with Crippen LogP contribution < -0.4 is 0 Å². The summed E-state index contributed by atoms with van der Waals surface area (Å²) >= 11 is 0. The fourth-order valence-corrected chi connectivity index (χ4v) is 4.02. The summed E-state index contributed by atoms with van der Waals surface area (Å²) in [6, 6.07) is 17.0. The number of imidazole rings is 1. The molecule has 3 aromatic heterocycles. The molecule has 130 valence electrons. The van der Waals surface area contributed by atoms with E-state index < -0.39 is 0 Å². The van der Waals surface area contributed by atoms with E-state index in [-0.39, 0.29) is 0 Å². The number of hydrogen-bond donors (Lipinski definition) is 0. The van der Waals surface area contributed by atoms with Crippen molar-refractivity contribution in [2.24, 2.45) is 0 Å². The minimum Gasteiger partial charge on any atom is -0.304 e. The molecular weight excluding hydrogens is 322 g/mol. The highest BCUT2D eigenvalue weighted by molar-refractivity contribution is 5.76. The van der Waals surface area contributed by atoms with Gasteiger partial charge in [-0.25, -0.2) is 9.97 Å². The van der Waals surface area contributed by atoms with Crippen LogP contribution >= 0.6 is 0 Å². The highest BCUT2D eigenvalue weighted by Crippen LogP contribution is 2.36. The molecule has 5 rings (SSSR count). The van der Waals surface area contributed by atoms with Crippen LogP contribution in [0.2, 0.25) is 0 Å². The van der Waals surface area contributed by atoms with Crippen molar-refractivity contribution in [1.82, 2.24) is 24.3 Å². The monoisotopic (exact) mass is 343 g/mol. The summed E-state index contributed by atoms with van der Waals surface area (Å²) in [5, 5.41) is 4.57. The first kappa shape index (κ1) is 15.3. The van der Waals surface area contributed by atoms with Gasteiger partial charge in [0, 0.05) is 18.4 Å². The van der Waals surface area contributed by atoms with Crippen molar-refractivity contribution < 1.29 is 0 Å². The first-order valence-electron chi connectivity index (χ1n) is 9.29. The first-order valence-corrected chi connectivity index (χ1v) is 9.29. The number of fused-ring (bicyclic) bond motifs is 1. The Morgan fingerprint density at radius 1 is 0.923 bits per heavy atom. The Morgan fingerprint density at radius 2 is 1.77 bits per heavy atom. The zero-order valence-electron chi connectivity index (χ0n) is 14.6. The van der Waals surface area contributed by atoms with Crippen LogP contribution in [0.5, 0.6) is 0 Å². The van der Waals surface area contributed by atoms with Crippen LogP contribution in [-0.2, 0) is 6.54 Å². The number of benzene rings is 1. The lowest BCUT2D eigenvalue weighted by Crippen LogP contribution is -2.11. The molecule has 5 heteroatoms. The molecule has 0 N–H and O–H groups in total. The molecule has 4 aromatic rings. The topological polar surface area (TPSA) is 48.5 Å². The summed E-state index contributed by atoms with van der Waals surface area (Å²) in [7, 11) is 0. The molecule has 0 bridgehead atoms. The maximum Gasteiger partial charge on any atom is 0.160 e. The smallest absolute Gasteiger partial charge is 0.160 e. The second kappa shape index (κ2) is 6.41. The second-order valence-electron chi connectivity index (χ2n) is 6.95. The van der Waals surface area contributed by atoms with E-state index in [1.807, 2.05) is 29.2 Å². The lowest BCUT2D eigenvalue weighted by Gasteiger charge is -2.16. The van der Waals surface area contributed by atoms with Crippen LogP contribution in [0, 0.1) is 0 Å². The molecule has 0 atom stereocenters. The van der Waals surface area contributed by atoms with Crippen LogP contribution in [0.15, 0.2) is 60.9 Å². The van der Waals surface area contributed by atoms with Gasteiger partial charge < -0.3 is 4.57 Å². The second-order valence-corrected chi connectivity index (χ2v) is 6.95. The highest BCUT2D eigenvalue weighted by atomic mass is 15.3. The summed E-state index contributed by atoms with van der Waals surface area (Å²) in [5.74, 6) is 0.985. The zero-order valence-corrected chi connectivity index (χ0v) is 14.6. The van der Waals surface area contributed by atoms with Crippen LogP contribution in [0.25, 0.3) is 22.7 Å². The van der Waals surface area contributed by atoms with E-state index in [0.717, 1.165) is 29.2 Å². The Balaban J connectivity index is 1.64. The maximum absolute atomic E-state index is 4.94. The van der Waals surface area contributed by atoms with Gasteiger partial charge in [0.25, 0.3) is 0 Å². The number of nitrogens with zero attached hydrogens (tertiary/aromatic N) is 5. The predicted octanol–water partition coefficient (Wildman–Crippen LogP) is 4.46. The van der Waals surface area contributed by atoms with Crippen molar-refractivity contribution in [2.75, 3.05) is 0 Å². The molecule has 0 spiro atoms. The van der Waals surface area contributed by atoms with E-state index in [9.17, 15) is 0 Å². The highest BCUT2D eigenvalue weighted by Gasteiger charge is 2.25. The van der Waals surface area contributed by atoms with Crippen molar-refractivity contribution in [1.29, 1.82) is 0 Å². The lowest BCUT2D eigenvalue weighted by atomic mass is 10.2. The van der Waals surface area contributed by atoms with E-state index in [4.69, 9.17) is 4.98 Å². The quantitative estimate of drug-likeness (QED) is 0.550. The molecule has 0 amide bonds. The van der Waals surface area contributed by atoms with Gasteiger partial charge in [0.05, 0.1) is 6.54 Å². The molecular formula is C21H21N5. The molecule has 1 aromatic carbocycles. The molecule has 1 fully saturated rings. The zero-order chi connectivity index (χ0) is 17.3. The molecule has 0 radical (unpaired) electrons. The fraction of sp³-hybridized carbons (Fsp3) is 0.286. The van der Waals surface area contributed by atoms with Crippen molar-refractivity contribution in [3.63, 3.8) is 0 Å². The van der Waals surface area contributed by atoms with Gasteiger partial charge in [-0.2, -0.15) is 5.10 Å². The fourth-order valence-electron chi connectivity index (χ4n) is 4.02. The third kappa shape index (κ3) is 2.60. The van der Waals surface area contributed by atoms with E-state index >= 15 is 0 Å². The summed E-state index contributed by atoms with van der Waals surface area (Å²) in [6.07, 6.45) is 8.67. The Morgan fingerprint density at radius 3 is 2.62 bits per heavy atom. The van der Waals surface area contributed by atoms with Gasteiger partial charge in [0.1, 0.15) is 11.2 Å². The Kier molecular flexibility index (Phi) is 3.77. The average molecular weight is 343 g/mol. The van der Waals surface area contributed by atoms with Gasteiger partial charge in [-0.05, 0) is 36.6 Å². The van der Waals surface area contributed by atoms with Crippen molar-refractivity contribution in [3.8, 4) is 11.5 Å². The van der Waals surface area contributed by atoms with E-state index in [1.165, 1.54) is 31.2 Å². The van der Waals surface area contributed by atoms with Crippen LogP contribution in [0.3, 0.4) is 0 Å². The predicted molar refractivity (Wildman–Crippen MR) is 102 cm³/mol. The molecule has 0 saturated heterocycles. The van der Waals surface area contributed by atoms with Gasteiger partial charge in [0.15, 0.2) is 11.5 Å². The van der Waals surface area contributed by atoms with E-state index in [2.05, 4.69) is 51.0 Å². The summed E-state index contributed by atoms with van der Waals surface area (Å²) in [4.78, 5) is 9.58. The Labute approximate surface area is 152 Å². The van der Waals surface area contributed by atoms with Crippen molar-refractivity contribution >= 4 is 11.2 Å². The molecule has 1 saturated carbocycles. The SMILES string of the molecule is c1ccc(Cn2nccc2-c2nc3cccnc3n2C2CCCC2)cc1. The Hall–Kier alpha value is -2.95. The normalized spacial score (nSPS) is 15.1. The average Bonchev–Trinajstić information content (AvgIpc) is 3.41. The van der Waals surface area contributed by atoms with Gasteiger partial charge in [-0.1, -0.05) is 43.2 Å². The summed E-state index contributed by atoms with van der Waals surface area (Å²) in [6.45, 7) is 0.741. The first-order chi connectivity index (χ1) is 12.9. The number of aromatic nitrogens is 5. The molecule has 3 heterocycles. The van der Waals surface area contributed by atoms with Crippen molar-refractivity contribution in [3.05, 3.63) is 66.5 Å². The molecule has 26 heavy (non-hydrogen) atoms. The summed E-state index contributed by atoms with van der Waals surface area (Å²) in [5.41, 5.74) is 4.24. The molecule has 0 unspecified atom stereocenters. The Bertz CT molecular complexity index is 1020. The van der Waals surface area contributed by atoms with Gasteiger partial charge in [-0.15, -0.1) is 0 Å². The van der Waals surface area contributed by atoms with Gasteiger partial charge in [0.2, 0.25) is 0 Å². The maximum atomic E-state index is 4.94. The number of hydrogen-bond acceptors (Lipinski definition) is 3. The minimum atomic E-state index is 0.477. The molecule has 1 aliphatic rings. The minimum absolute atomic E-state index is 0.477. The van der Waals surface area contributed by atoms with Gasteiger partial charge in [-0.3, -0.25) is 4.68 Å². The van der Waals surface area contributed by atoms with Crippen molar-refractivity contribution in [2.45, 2.75) is 38.3 Å². The summed E-state index contributed by atoms with van der Waals surface area (Å²) < 4.78 is 4.39. The molecule has 0 aliphatic heterocycles. The molecule has 1 aliphatic carbocycles. The standard InChI is InChI=1S/C21H21N5/c1-2-7-16(8-3-1)15-25-19(12-14-23-25)21-24-18-11-6-13-22-20(18)26(21)17-9-4-5-10-17/h1-3,6-8,11-14,17H,4-5,9-10,15H2. The van der Waals surface area contributed by atoms with Crippen LogP contribution in [0.4, 0.5) is 0 Å². The molecule has 5 nitrogen and oxygen atoms in total.